The standard InChI is InChI=1S/C24H21ClFN5O2/c25-16-6-7-19-20(13-16)29-23(28-19)15-5-8-21(27-14-15)30-9-11-31(12-10-30)24(33)22(32)17-3-1-2-4-18(17)26/h1-8,13-14,22,32H,9-12H2,(H,28,29). The molecule has 1 fully saturated rings. The van der Waals surface area contributed by atoms with Gasteiger partial charge in [-0.1, -0.05) is 29.8 Å². The molecule has 4 aromatic rings. The van der Waals surface area contributed by atoms with Crippen LogP contribution in [-0.4, -0.2) is 57.0 Å². The van der Waals surface area contributed by atoms with Gasteiger partial charge in [-0.2, -0.15) is 0 Å². The van der Waals surface area contributed by atoms with Gasteiger partial charge >= 0.3 is 0 Å². The fourth-order valence-electron chi connectivity index (χ4n) is 3.99. The van der Waals surface area contributed by atoms with E-state index in [1.165, 1.54) is 18.2 Å². The van der Waals surface area contributed by atoms with E-state index in [0.717, 1.165) is 22.4 Å². The molecule has 3 heterocycles. The van der Waals surface area contributed by atoms with Gasteiger partial charge in [0, 0.05) is 48.5 Å². The third-order valence-electron chi connectivity index (χ3n) is 5.81. The van der Waals surface area contributed by atoms with Crippen LogP contribution in [0.2, 0.25) is 5.02 Å². The molecule has 0 saturated carbocycles. The number of pyridine rings is 1. The summed E-state index contributed by atoms with van der Waals surface area (Å²) >= 11 is 6.05. The molecule has 168 valence electrons. The Hall–Kier alpha value is -3.49. The maximum Gasteiger partial charge on any atom is 0.256 e. The predicted octanol–water partition coefficient (Wildman–Crippen LogP) is 3.80. The highest BCUT2D eigenvalue weighted by Gasteiger charge is 2.29. The molecule has 1 saturated heterocycles. The fourth-order valence-corrected chi connectivity index (χ4v) is 4.16. The second kappa shape index (κ2) is 8.80. The second-order valence-electron chi connectivity index (χ2n) is 7.89. The fraction of sp³-hybridized carbons (Fsp3) is 0.208. The number of aliphatic hydroxyl groups excluding tert-OH is 1. The maximum absolute atomic E-state index is 13.9. The highest BCUT2D eigenvalue weighted by atomic mass is 35.5. The number of nitrogens with one attached hydrogen (secondary N) is 1. The summed E-state index contributed by atoms with van der Waals surface area (Å²) in [4.78, 5) is 28.7. The Balaban J connectivity index is 1.23. The average Bonchev–Trinajstić information content (AvgIpc) is 3.27. The van der Waals surface area contributed by atoms with Gasteiger partial charge in [0.1, 0.15) is 17.5 Å². The summed E-state index contributed by atoms with van der Waals surface area (Å²) in [7, 11) is 0. The van der Waals surface area contributed by atoms with Gasteiger partial charge in [-0.25, -0.2) is 14.4 Å². The number of anilines is 1. The van der Waals surface area contributed by atoms with Crippen molar-refractivity contribution in [2.75, 3.05) is 31.1 Å². The predicted molar refractivity (Wildman–Crippen MR) is 124 cm³/mol. The number of piperazine rings is 1. The molecule has 0 aliphatic carbocycles. The normalized spacial score (nSPS) is 15.1. The van der Waals surface area contributed by atoms with Crippen LogP contribution in [0.15, 0.2) is 60.8 Å². The van der Waals surface area contributed by atoms with Crippen LogP contribution in [0.3, 0.4) is 0 Å². The number of carbonyl (C=O) groups is 1. The van der Waals surface area contributed by atoms with Gasteiger partial charge in [0.2, 0.25) is 0 Å². The molecule has 0 spiro atoms. The molecule has 2 aromatic carbocycles. The number of H-pyrrole nitrogens is 1. The lowest BCUT2D eigenvalue weighted by Crippen LogP contribution is -2.50. The van der Waals surface area contributed by atoms with Crippen LogP contribution < -0.4 is 4.90 Å². The first-order chi connectivity index (χ1) is 16.0. The number of hydrogen-bond donors (Lipinski definition) is 2. The molecule has 1 atom stereocenters. The third-order valence-corrected chi connectivity index (χ3v) is 6.05. The summed E-state index contributed by atoms with van der Waals surface area (Å²) in [5.41, 5.74) is 2.54. The van der Waals surface area contributed by atoms with E-state index >= 15 is 0 Å². The number of amides is 1. The Labute approximate surface area is 194 Å². The number of aliphatic hydroxyl groups is 1. The van der Waals surface area contributed by atoms with Gasteiger partial charge < -0.3 is 19.9 Å². The molecule has 9 heteroatoms. The molecule has 7 nitrogen and oxygen atoms in total. The number of benzene rings is 2. The first kappa shape index (κ1) is 21.4. The number of fused-ring (bicyclic) bond motifs is 1. The average molecular weight is 466 g/mol. The van der Waals surface area contributed by atoms with Crippen LogP contribution in [0.25, 0.3) is 22.4 Å². The minimum absolute atomic E-state index is 0.00459. The highest BCUT2D eigenvalue weighted by Crippen LogP contribution is 2.25. The molecule has 5 rings (SSSR count). The van der Waals surface area contributed by atoms with Gasteiger partial charge in [-0.3, -0.25) is 4.79 Å². The molecule has 1 aliphatic rings. The summed E-state index contributed by atoms with van der Waals surface area (Å²) in [5.74, 6) is 0.422. The van der Waals surface area contributed by atoms with Crippen molar-refractivity contribution in [3.05, 3.63) is 77.2 Å². The first-order valence-corrected chi connectivity index (χ1v) is 11.0. The number of imidazole rings is 1. The summed E-state index contributed by atoms with van der Waals surface area (Å²) in [6.07, 6.45) is 0.252. The molecule has 2 N–H and O–H groups in total. The van der Waals surface area contributed by atoms with Gasteiger partial charge in [-0.15, -0.1) is 0 Å². The molecule has 0 radical (unpaired) electrons. The third kappa shape index (κ3) is 4.27. The molecular formula is C24H21ClFN5O2. The van der Waals surface area contributed by atoms with E-state index in [-0.39, 0.29) is 5.56 Å². The summed E-state index contributed by atoms with van der Waals surface area (Å²) in [6, 6.07) is 15.1. The Morgan fingerprint density at radius 2 is 1.88 bits per heavy atom. The van der Waals surface area contributed by atoms with E-state index in [4.69, 9.17) is 11.6 Å². The van der Waals surface area contributed by atoms with Gasteiger partial charge in [0.15, 0.2) is 6.10 Å². The number of halogens is 2. The van der Waals surface area contributed by atoms with Gasteiger partial charge in [0.25, 0.3) is 5.91 Å². The number of hydrogen-bond acceptors (Lipinski definition) is 5. The van der Waals surface area contributed by atoms with Crippen molar-refractivity contribution in [1.82, 2.24) is 19.9 Å². The van der Waals surface area contributed by atoms with Gasteiger partial charge in [-0.05, 0) is 36.4 Å². The molecule has 0 bridgehead atoms. The molecule has 1 aliphatic heterocycles. The van der Waals surface area contributed by atoms with Crippen LogP contribution >= 0.6 is 11.6 Å². The van der Waals surface area contributed by atoms with E-state index in [0.29, 0.717) is 37.0 Å². The van der Waals surface area contributed by atoms with Crippen molar-refractivity contribution in [2.24, 2.45) is 0 Å². The molecular weight excluding hydrogens is 445 g/mol. The molecule has 33 heavy (non-hydrogen) atoms. The minimum Gasteiger partial charge on any atom is -0.378 e. The van der Waals surface area contributed by atoms with E-state index < -0.39 is 17.8 Å². The quantitative estimate of drug-likeness (QED) is 0.479. The largest absolute Gasteiger partial charge is 0.378 e. The zero-order valence-corrected chi connectivity index (χ0v) is 18.3. The van der Waals surface area contributed by atoms with Crippen LogP contribution in [0.4, 0.5) is 10.2 Å². The molecule has 1 unspecified atom stereocenters. The Morgan fingerprint density at radius 1 is 1.09 bits per heavy atom. The van der Waals surface area contributed by atoms with Gasteiger partial charge in [0.05, 0.1) is 11.0 Å². The SMILES string of the molecule is O=C(C(O)c1ccccc1F)N1CCN(c2ccc(-c3nc4ccc(Cl)cc4[nH]3)cn2)CC1. The Kier molecular flexibility index (Phi) is 5.70. The number of aromatic amines is 1. The maximum atomic E-state index is 13.9. The molecule has 2 aromatic heterocycles. The van der Waals surface area contributed by atoms with Crippen LogP contribution in [0, 0.1) is 5.82 Å². The smallest absolute Gasteiger partial charge is 0.256 e. The summed E-state index contributed by atoms with van der Waals surface area (Å²) < 4.78 is 13.9. The number of rotatable bonds is 4. The van der Waals surface area contributed by atoms with E-state index in [1.807, 2.05) is 24.3 Å². The topological polar surface area (TPSA) is 85.4 Å². The Morgan fingerprint density at radius 3 is 2.61 bits per heavy atom. The van der Waals surface area contributed by atoms with Crippen molar-refractivity contribution in [3.8, 4) is 11.4 Å². The van der Waals surface area contributed by atoms with E-state index in [1.54, 1.807) is 23.2 Å². The van der Waals surface area contributed by atoms with Crippen molar-refractivity contribution in [2.45, 2.75) is 6.10 Å². The number of carbonyl (C=O) groups excluding carboxylic acids is 1. The lowest BCUT2D eigenvalue weighted by atomic mass is 10.1. The van der Waals surface area contributed by atoms with Crippen LogP contribution in [0.1, 0.15) is 11.7 Å². The van der Waals surface area contributed by atoms with E-state index in [9.17, 15) is 14.3 Å². The zero-order valence-electron chi connectivity index (χ0n) is 17.6. The minimum atomic E-state index is -1.51. The summed E-state index contributed by atoms with van der Waals surface area (Å²) in [6.45, 7) is 1.95. The molecule has 1 amide bonds. The van der Waals surface area contributed by atoms with Crippen LogP contribution in [-0.2, 0) is 4.79 Å². The zero-order chi connectivity index (χ0) is 22.9. The number of nitrogens with zero attached hydrogens (tertiary/aromatic N) is 4. The lowest BCUT2D eigenvalue weighted by Gasteiger charge is -2.36. The first-order valence-electron chi connectivity index (χ1n) is 10.6. The van der Waals surface area contributed by atoms with Crippen molar-refractivity contribution in [3.63, 3.8) is 0 Å². The van der Waals surface area contributed by atoms with Crippen molar-refractivity contribution >= 4 is 34.4 Å². The monoisotopic (exact) mass is 465 g/mol. The number of aromatic nitrogens is 3. The highest BCUT2D eigenvalue weighted by molar-refractivity contribution is 6.31. The summed E-state index contributed by atoms with van der Waals surface area (Å²) in [5, 5.41) is 11.0. The van der Waals surface area contributed by atoms with Crippen LogP contribution in [0.5, 0.6) is 0 Å². The van der Waals surface area contributed by atoms with E-state index in [2.05, 4.69) is 19.9 Å². The van der Waals surface area contributed by atoms with Crippen molar-refractivity contribution < 1.29 is 14.3 Å². The Bertz CT molecular complexity index is 1300. The van der Waals surface area contributed by atoms with Crippen molar-refractivity contribution in [1.29, 1.82) is 0 Å². The second-order valence-corrected chi connectivity index (χ2v) is 8.32. The lowest BCUT2D eigenvalue weighted by molar-refractivity contribution is -0.141.